The molecule has 0 radical (unpaired) electrons. The van der Waals surface area contributed by atoms with Crippen molar-refractivity contribution in [1.82, 2.24) is 0 Å². The Bertz CT molecular complexity index is 259. The monoisotopic (exact) mass is 251 g/mol. The van der Waals surface area contributed by atoms with E-state index in [-0.39, 0.29) is 5.54 Å². The van der Waals surface area contributed by atoms with E-state index in [1.807, 2.05) is 0 Å². The van der Waals surface area contributed by atoms with Gasteiger partial charge in [0.25, 0.3) is 0 Å². The number of rotatable bonds is 1. The molecule has 0 aromatic rings. The minimum Gasteiger partial charge on any atom is -0.325 e. The highest BCUT2D eigenvalue weighted by atomic mass is 14.8. The molecule has 0 heterocycles. The number of hydrogen-bond acceptors (Lipinski definition) is 1. The molecule has 1 nitrogen and oxygen atoms in total. The van der Waals surface area contributed by atoms with E-state index in [1.54, 1.807) is 0 Å². The second kappa shape index (κ2) is 5.53. The molecule has 0 saturated heterocycles. The molecule has 18 heavy (non-hydrogen) atoms. The van der Waals surface area contributed by atoms with Crippen LogP contribution in [0.25, 0.3) is 0 Å². The van der Waals surface area contributed by atoms with Crippen molar-refractivity contribution in [3.63, 3.8) is 0 Å². The Kier molecular flexibility index (Phi) is 4.41. The molecule has 0 aromatic heterocycles. The van der Waals surface area contributed by atoms with E-state index in [0.29, 0.717) is 5.41 Å². The zero-order chi connectivity index (χ0) is 13.2. The van der Waals surface area contributed by atoms with Gasteiger partial charge in [0, 0.05) is 5.54 Å². The maximum Gasteiger partial charge on any atom is 0.0183 e. The normalized spacial score (nSPS) is 36.3. The fourth-order valence-electron chi connectivity index (χ4n) is 4.34. The van der Waals surface area contributed by atoms with Crippen LogP contribution in [0, 0.1) is 17.3 Å². The predicted molar refractivity (Wildman–Crippen MR) is 79.5 cm³/mol. The first-order valence-corrected chi connectivity index (χ1v) is 8.21. The molecule has 0 spiro atoms. The van der Waals surface area contributed by atoms with Crippen LogP contribution in [0.4, 0.5) is 0 Å². The molecule has 2 rings (SSSR count). The summed E-state index contributed by atoms with van der Waals surface area (Å²) in [5, 5.41) is 0. The molecule has 2 aliphatic rings. The van der Waals surface area contributed by atoms with Crippen LogP contribution in [-0.2, 0) is 0 Å². The molecule has 2 fully saturated rings. The lowest BCUT2D eigenvalue weighted by molar-refractivity contribution is 0.170. The fourth-order valence-corrected chi connectivity index (χ4v) is 4.34. The van der Waals surface area contributed by atoms with Gasteiger partial charge in [-0.25, -0.2) is 0 Å². The van der Waals surface area contributed by atoms with Crippen molar-refractivity contribution in [3.8, 4) is 0 Å². The first-order valence-electron chi connectivity index (χ1n) is 8.21. The van der Waals surface area contributed by atoms with Crippen LogP contribution < -0.4 is 5.73 Å². The molecule has 2 aliphatic carbocycles. The smallest absolute Gasteiger partial charge is 0.0183 e. The standard InChI is InChI=1S/C17H33N/c1-16(2,3)14-10-7-12-17(18,13-11-14)15-8-5-4-6-9-15/h14-15H,4-13,18H2,1-3H3. The lowest BCUT2D eigenvalue weighted by Gasteiger charge is -2.40. The van der Waals surface area contributed by atoms with Crippen molar-refractivity contribution in [3.05, 3.63) is 0 Å². The summed E-state index contributed by atoms with van der Waals surface area (Å²) in [5.74, 6) is 1.71. The first-order chi connectivity index (χ1) is 8.42. The van der Waals surface area contributed by atoms with Gasteiger partial charge in [0.05, 0.1) is 0 Å². The number of hydrogen-bond donors (Lipinski definition) is 1. The Balaban J connectivity index is 1.98. The van der Waals surface area contributed by atoms with E-state index in [4.69, 9.17) is 5.73 Å². The van der Waals surface area contributed by atoms with Crippen molar-refractivity contribution in [1.29, 1.82) is 0 Å². The predicted octanol–water partition coefficient (Wildman–Crippen LogP) is 4.89. The van der Waals surface area contributed by atoms with Gasteiger partial charge in [-0.2, -0.15) is 0 Å². The average Bonchev–Trinajstić information content (AvgIpc) is 2.53. The third kappa shape index (κ3) is 3.29. The fraction of sp³-hybridized carbons (Fsp3) is 1.00. The molecular formula is C17H33N. The van der Waals surface area contributed by atoms with Gasteiger partial charge in [0.1, 0.15) is 0 Å². The van der Waals surface area contributed by atoms with Crippen LogP contribution in [0.1, 0.15) is 85.0 Å². The summed E-state index contributed by atoms with van der Waals surface area (Å²) in [7, 11) is 0. The molecule has 2 saturated carbocycles. The molecular weight excluding hydrogens is 218 g/mol. The van der Waals surface area contributed by atoms with Crippen LogP contribution in [0.3, 0.4) is 0 Å². The molecule has 0 bridgehead atoms. The first kappa shape index (κ1) is 14.4. The molecule has 0 aromatic carbocycles. The Morgan fingerprint density at radius 3 is 2.11 bits per heavy atom. The Hall–Kier alpha value is -0.0400. The summed E-state index contributed by atoms with van der Waals surface area (Å²) in [6.07, 6.45) is 13.8. The van der Waals surface area contributed by atoms with Gasteiger partial charge in [-0.1, -0.05) is 46.5 Å². The SMILES string of the molecule is CC(C)(C)C1CCCC(N)(C2CCCCC2)CC1. The maximum atomic E-state index is 6.84. The summed E-state index contributed by atoms with van der Waals surface area (Å²) < 4.78 is 0. The average molecular weight is 251 g/mol. The van der Waals surface area contributed by atoms with Crippen molar-refractivity contribution in [2.75, 3.05) is 0 Å². The van der Waals surface area contributed by atoms with Crippen molar-refractivity contribution < 1.29 is 0 Å². The van der Waals surface area contributed by atoms with Crippen LogP contribution >= 0.6 is 0 Å². The zero-order valence-electron chi connectivity index (χ0n) is 12.8. The third-order valence-electron chi connectivity index (χ3n) is 5.80. The lowest BCUT2D eigenvalue weighted by atomic mass is 9.70. The van der Waals surface area contributed by atoms with Crippen molar-refractivity contribution in [2.24, 2.45) is 23.0 Å². The quantitative estimate of drug-likeness (QED) is 0.660. The second-order valence-corrected chi connectivity index (χ2v) is 8.06. The number of nitrogens with two attached hydrogens (primary N) is 1. The largest absolute Gasteiger partial charge is 0.325 e. The summed E-state index contributed by atoms with van der Waals surface area (Å²) in [5.41, 5.74) is 7.49. The van der Waals surface area contributed by atoms with Crippen LogP contribution in [-0.4, -0.2) is 5.54 Å². The highest BCUT2D eigenvalue weighted by Crippen LogP contribution is 2.44. The molecule has 2 atom stereocenters. The molecule has 0 amide bonds. The molecule has 106 valence electrons. The van der Waals surface area contributed by atoms with Crippen LogP contribution in [0.15, 0.2) is 0 Å². The topological polar surface area (TPSA) is 26.0 Å². The highest BCUT2D eigenvalue weighted by molar-refractivity contribution is 4.95. The molecule has 0 aliphatic heterocycles. The van der Waals surface area contributed by atoms with E-state index in [1.165, 1.54) is 64.2 Å². The summed E-state index contributed by atoms with van der Waals surface area (Å²) in [6, 6.07) is 0. The Morgan fingerprint density at radius 2 is 1.50 bits per heavy atom. The highest BCUT2D eigenvalue weighted by Gasteiger charge is 2.38. The summed E-state index contributed by atoms with van der Waals surface area (Å²) >= 11 is 0. The van der Waals surface area contributed by atoms with Crippen LogP contribution in [0.5, 0.6) is 0 Å². The van der Waals surface area contributed by atoms with Crippen molar-refractivity contribution in [2.45, 2.75) is 90.5 Å². The van der Waals surface area contributed by atoms with Gasteiger partial charge >= 0.3 is 0 Å². The summed E-state index contributed by atoms with van der Waals surface area (Å²) in [6.45, 7) is 7.21. The van der Waals surface area contributed by atoms with Gasteiger partial charge in [0.2, 0.25) is 0 Å². The van der Waals surface area contributed by atoms with E-state index in [9.17, 15) is 0 Å². The van der Waals surface area contributed by atoms with Gasteiger partial charge < -0.3 is 5.73 Å². The van der Waals surface area contributed by atoms with Gasteiger partial charge in [0.15, 0.2) is 0 Å². The van der Waals surface area contributed by atoms with Gasteiger partial charge in [-0.05, 0) is 55.8 Å². The lowest BCUT2D eigenvalue weighted by Crippen LogP contribution is -2.47. The molecule has 1 heteroatoms. The Labute approximate surface area is 114 Å². The van der Waals surface area contributed by atoms with E-state index >= 15 is 0 Å². The maximum absolute atomic E-state index is 6.84. The molecule has 2 N–H and O–H groups in total. The van der Waals surface area contributed by atoms with Crippen molar-refractivity contribution >= 4 is 0 Å². The second-order valence-electron chi connectivity index (χ2n) is 8.06. The minimum absolute atomic E-state index is 0.181. The van der Waals surface area contributed by atoms with Gasteiger partial charge in [-0.3, -0.25) is 0 Å². The van der Waals surface area contributed by atoms with Crippen LogP contribution in [0.2, 0.25) is 0 Å². The summed E-state index contributed by atoms with van der Waals surface area (Å²) in [4.78, 5) is 0. The van der Waals surface area contributed by atoms with Gasteiger partial charge in [-0.15, -0.1) is 0 Å². The van der Waals surface area contributed by atoms with E-state index in [0.717, 1.165) is 11.8 Å². The zero-order valence-corrected chi connectivity index (χ0v) is 12.8. The minimum atomic E-state index is 0.181. The third-order valence-corrected chi connectivity index (χ3v) is 5.80. The van der Waals surface area contributed by atoms with E-state index < -0.39 is 0 Å². The van der Waals surface area contributed by atoms with E-state index in [2.05, 4.69) is 20.8 Å². The molecule has 2 unspecified atom stereocenters. The Morgan fingerprint density at radius 1 is 0.833 bits per heavy atom.